The normalized spacial score (nSPS) is 9.18. The molecule has 0 aliphatic heterocycles. The predicted molar refractivity (Wildman–Crippen MR) is 33.2 cm³/mol. The van der Waals surface area contributed by atoms with Crippen LogP contribution < -0.4 is 0 Å². The number of ether oxygens (including phenoxy) is 1. The van der Waals surface area contributed by atoms with Crippen molar-refractivity contribution in [1.29, 1.82) is 0 Å². The van der Waals surface area contributed by atoms with Crippen molar-refractivity contribution in [3.63, 3.8) is 0 Å². The van der Waals surface area contributed by atoms with Crippen LogP contribution in [0.25, 0.3) is 0 Å². The van der Waals surface area contributed by atoms with Crippen molar-refractivity contribution in [2.75, 3.05) is 7.11 Å². The van der Waals surface area contributed by atoms with Crippen molar-refractivity contribution in [3.05, 3.63) is 17.5 Å². The fourth-order valence-corrected chi connectivity index (χ4v) is 0.546. The summed E-state index contributed by atoms with van der Waals surface area (Å²) in [5, 5.41) is 3.28. The molecule has 0 amide bonds. The van der Waals surface area contributed by atoms with E-state index in [1.54, 1.807) is 0 Å². The summed E-state index contributed by atoms with van der Waals surface area (Å²) in [6.07, 6.45) is 0.458. The Balaban J connectivity index is 2.88. The number of hydrogen-bond acceptors (Lipinski definition) is 5. The number of aldehydes is 1. The van der Waals surface area contributed by atoms with E-state index in [2.05, 4.69) is 14.4 Å². The molecule has 5 nitrogen and oxygen atoms in total. The Bertz CT molecular complexity index is 278. The zero-order valence-corrected chi connectivity index (χ0v) is 5.73. The molecule has 0 spiro atoms. The lowest BCUT2D eigenvalue weighted by molar-refractivity contribution is 0.0588. The highest BCUT2D eigenvalue weighted by molar-refractivity contribution is 5.88. The average molecular weight is 155 g/mol. The number of hydrogen-bond donors (Lipinski definition) is 0. The van der Waals surface area contributed by atoms with Crippen LogP contribution in [0.2, 0.25) is 0 Å². The molecule has 1 heterocycles. The van der Waals surface area contributed by atoms with E-state index in [1.807, 2.05) is 0 Å². The number of methoxy groups -OCH3 is 1. The Morgan fingerprint density at radius 3 is 3.00 bits per heavy atom. The number of rotatable bonds is 2. The average Bonchev–Trinajstić information content (AvgIpc) is 2.50. The highest BCUT2D eigenvalue weighted by atomic mass is 16.5. The number of esters is 1. The molecule has 0 radical (unpaired) electrons. The van der Waals surface area contributed by atoms with Crippen LogP contribution in [-0.2, 0) is 4.74 Å². The molecule has 58 valence electrons. The maximum Gasteiger partial charge on any atom is 0.360 e. The third-order valence-corrected chi connectivity index (χ3v) is 1.04. The zero-order chi connectivity index (χ0) is 8.27. The van der Waals surface area contributed by atoms with E-state index in [1.165, 1.54) is 13.2 Å². The molecule has 0 aliphatic carbocycles. The summed E-state index contributed by atoms with van der Waals surface area (Å²) in [4.78, 5) is 20.7. The standard InChI is InChI=1S/C6H5NO4/c1-10-6(9)5-2-4(3-8)11-7-5/h2-3H,1H3. The van der Waals surface area contributed by atoms with Gasteiger partial charge >= 0.3 is 5.97 Å². The van der Waals surface area contributed by atoms with Crippen LogP contribution in [0.15, 0.2) is 10.6 Å². The van der Waals surface area contributed by atoms with Crippen molar-refractivity contribution in [1.82, 2.24) is 5.16 Å². The number of nitrogens with zero attached hydrogens (tertiary/aromatic N) is 1. The molecule has 0 atom stereocenters. The van der Waals surface area contributed by atoms with E-state index in [0.29, 0.717) is 6.29 Å². The fraction of sp³-hybridized carbons (Fsp3) is 0.167. The molecule has 1 aromatic rings. The van der Waals surface area contributed by atoms with Gasteiger partial charge in [0.15, 0.2) is 17.7 Å². The second-order valence-electron chi connectivity index (χ2n) is 1.72. The van der Waals surface area contributed by atoms with Gasteiger partial charge in [0.05, 0.1) is 7.11 Å². The SMILES string of the molecule is COC(=O)c1cc(C=O)on1. The van der Waals surface area contributed by atoms with Crippen LogP contribution >= 0.6 is 0 Å². The number of carbonyl (C=O) groups excluding carboxylic acids is 2. The highest BCUT2D eigenvalue weighted by Gasteiger charge is 2.11. The van der Waals surface area contributed by atoms with Gasteiger partial charge in [0.25, 0.3) is 0 Å². The minimum atomic E-state index is -0.623. The molecule has 0 fully saturated rings. The van der Waals surface area contributed by atoms with E-state index >= 15 is 0 Å². The number of carbonyl (C=O) groups is 2. The summed E-state index contributed by atoms with van der Waals surface area (Å²) < 4.78 is 8.73. The first-order chi connectivity index (χ1) is 5.27. The van der Waals surface area contributed by atoms with Crippen LogP contribution in [0.5, 0.6) is 0 Å². The largest absolute Gasteiger partial charge is 0.464 e. The third-order valence-electron chi connectivity index (χ3n) is 1.04. The van der Waals surface area contributed by atoms with Gasteiger partial charge in [-0.3, -0.25) is 4.79 Å². The molecule has 5 heteroatoms. The Hall–Kier alpha value is -1.65. The molecular formula is C6H5NO4. The van der Waals surface area contributed by atoms with Gasteiger partial charge in [0, 0.05) is 6.07 Å². The molecule has 0 saturated heterocycles. The molecule has 11 heavy (non-hydrogen) atoms. The van der Waals surface area contributed by atoms with Crippen molar-refractivity contribution in [3.8, 4) is 0 Å². The van der Waals surface area contributed by atoms with Crippen LogP contribution in [-0.4, -0.2) is 24.5 Å². The van der Waals surface area contributed by atoms with Crippen molar-refractivity contribution < 1.29 is 18.8 Å². The topological polar surface area (TPSA) is 69.4 Å². The van der Waals surface area contributed by atoms with Crippen LogP contribution in [0.3, 0.4) is 0 Å². The maximum absolute atomic E-state index is 10.7. The Morgan fingerprint density at radius 2 is 2.55 bits per heavy atom. The quantitative estimate of drug-likeness (QED) is 0.453. The molecular weight excluding hydrogens is 150 g/mol. The van der Waals surface area contributed by atoms with E-state index in [9.17, 15) is 9.59 Å². The molecule has 0 saturated carbocycles. The van der Waals surface area contributed by atoms with Crippen molar-refractivity contribution in [2.24, 2.45) is 0 Å². The lowest BCUT2D eigenvalue weighted by Gasteiger charge is -1.88. The summed E-state index contributed by atoms with van der Waals surface area (Å²) >= 11 is 0. The summed E-state index contributed by atoms with van der Waals surface area (Å²) in [6.45, 7) is 0. The first-order valence-corrected chi connectivity index (χ1v) is 2.78. The smallest absolute Gasteiger partial charge is 0.360 e. The van der Waals surface area contributed by atoms with Crippen molar-refractivity contribution >= 4 is 12.3 Å². The lowest BCUT2D eigenvalue weighted by Crippen LogP contribution is -2.00. The minimum Gasteiger partial charge on any atom is -0.464 e. The van der Waals surface area contributed by atoms with Gasteiger partial charge in [0.1, 0.15) is 0 Å². The van der Waals surface area contributed by atoms with Crippen LogP contribution in [0.1, 0.15) is 21.0 Å². The minimum absolute atomic E-state index is 0.00500. The van der Waals surface area contributed by atoms with Gasteiger partial charge in [-0.15, -0.1) is 0 Å². The molecule has 1 aromatic heterocycles. The van der Waals surface area contributed by atoms with E-state index in [-0.39, 0.29) is 11.5 Å². The fourth-order valence-electron chi connectivity index (χ4n) is 0.546. The third kappa shape index (κ3) is 1.43. The van der Waals surface area contributed by atoms with Gasteiger partial charge in [-0.05, 0) is 0 Å². The maximum atomic E-state index is 10.7. The predicted octanol–water partition coefficient (Wildman–Crippen LogP) is 0.274. The van der Waals surface area contributed by atoms with Gasteiger partial charge in [-0.1, -0.05) is 5.16 Å². The van der Waals surface area contributed by atoms with Gasteiger partial charge in [-0.25, -0.2) is 4.79 Å². The molecule has 0 unspecified atom stereocenters. The van der Waals surface area contributed by atoms with Gasteiger partial charge < -0.3 is 9.26 Å². The summed E-state index contributed by atoms with van der Waals surface area (Å²) in [7, 11) is 1.22. The monoisotopic (exact) mass is 155 g/mol. The van der Waals surface area contributed by atoms with E-state index < -0.39 is 5.97 Å². The summed E-state index contributed by atoms with van der Waals surface area (Å²) in [6, 6.07) is 1.21. The van der Waals surface area contributed by atoms with Crippen LogP contribution in [0.4, 0.5) is 0 Å². The first kappa shape index (κ1) is 7.46. The van der Waals surface area contributed by atoms with Crippen molar-refractivity contribution in [2.45, 2.75) is 0 Å². The zero-order valence-electron chi connectivity index (χ0n) is 5.73. The van der Waals surface area contributed by atoms with E-state index in [4.69, 9.17) is 0 Å². The summed E-state index contributed by atoms with van der Waals surface area (Å²) in [5.41, 5.74) is -0.00500. The molecule has 0 N–H and O–H groups in total. The molecule has 0 aromatic carbocycles. The van der Waals surface area contributed by atoms with E-state index in [0.717, 1.165) is 0 Å². The van der Waals surface area contributed by atoms with Gasteiger partial charge in [0.2, 0.25) is 0 Å². The lowest BCUT2D eigenvalue weighted by atomic mass is 10.4. The first-order valence-electron chi connectivity index (χ1n) is 2.78. The second kappa shape index (κ2) is 2.96. The summed E-state index contributed by atoms with van der Waals surface area (Å²) in [5.74, 6) is -0.618. The highest BCUT2D eigenvalue weighted by Crippen LogP contribution is 2.01. The van der Waals surface area contributed by atoms with Crippen LogP contribution in [0, 0.1) is 0 Å². The molecule has 1 rings (SSSR count). The second-order valence-corrected chi connectivity index (χ2v) is 1.72. The Labute approximate surface area is 61.9 Å². The Morgan fingerprint density at radius 1 is 1.82 bits per heavy atom. The van der Waals surface area contributed by atoms with Gasteiger partial charge in [-0.2, -0.15) is 0 Å². The Kier molecular flexibility index (Phi) is 2.00. The molecule has 0 bridgehead atoms. The molecule has 0 aliphatic rings. The number of aromatic nitrogens is 1.